The van der Waals surface area contributed by atoms with Crippen LogP contribution in [0.1, 0.15) is 16.1 Å². The Morgan fingerprint density at radius 3 is 2.71 bits per heavy atom. The Bertz CT molecular complexity index is 1040. The van der Waals surface area contributed by atoms with E-state index in [2.05, 4.69) is 15.3 Å². The van der Waals surface area contributed by atoms with Crippen LogP contribution in [0, 0.1) is 0 Å². The van der Waals surface area contributed by atoms with Crippen LogP contribution in [0.3, 0.4) is 0 Å². The molecule has 8 heteroatoms. The molecule has 1 amide bonds. The molecule has 0 spiro atoms. The molecule has 0 aliphatic heterocycles. The van der Waals surface area contributed by atoms with Crippen LogP contribution in [0.2, 0.25) is 0 Å². The first kappa shape index (κ1) is 19.1. The highest BCUT2D eigenvalue weighted by molar-refractivity contribution is 6.00. The summed E-state index contributed by atoms with van der Waals surface area (Å²) in [5.74, 6) is 0.565. The fraction of sp³-hybridized carbons (Fsp3) is 0.250. The van der Waals surface area contributed by atoms with Crippen molar-refractivity contribution < 1.29 is 14.6 Å². The Balaban J connectivity index is 1.81. The number of hydrogen-bond donors (Lipinski definition) is 2. The van der Waals surface area contributed by atoms with Gasteiger partial charge in [0.25, 0.3) is 5.91 Å². The number of phenolic OH excluding ortho intramolecular Hbond substituents is 1. The van der Waals surface area contributed by atoms with Crippen molar-refractivity contribution in [1.82, 2.24) is 9.88 Å². The number of methoxy groups -OCH3 is 1. The lowest BCUT2D eigenvalue weighted by molar-refractivity contribution is 0.0930. The summed E-state index contributed by atoms with van der Waals surface area (Å²) in [5, 5.41) is 17.2. The third-order valence-corrected chi connectivity index (χ3v) is 4.64. The van der Waals surface area contributed by atoms with Gasteiger partial charge in [0.2, 0.25) is 0 Å². The molecule has 28 heavy (non-hydrogen) atoms. The zero-order valence-corrected chi connectivity index (χ0v) is 15.7. The standard InChI is InChI=1S/C20H21N5O3/c1-25-17-4-3-5-19(26)16(17)11-18(25)20(27)23-14(12-22-24-21)10-13-6-8-15(28-2)9-7-13/h3-9,11,14,26H,10,12H2,1-2H3,(H,23,27)/t14-/m0/s1. The first-order valence-corrected chi connectivity index (χ1v) is 8.75. The van der Waals surface area contributed by atoms with Crippen LogP contribution >= 0.6 is 0 Å². The Kier molecular flexibility index (Phi) is 5.72. The van der Waals surface area contributed by atoms with Gasteiger partial charge in [-0.1, -0.05) is 23.3 Å². The van der Waals surface area contributed by atoms with Crippen LogP contribution in [-0.4, -0.2) is 35.3 Å². The number of azide groups is 1. The number of hydrogen-bond acceptors (Lipinski definition) is 4. The van der Waals surface area contributed by atoms with E-state index in [4.69, 9.17) is 10.3 Å². The largest absolute Gasteiger partial charge is 0.507 e. The van der Waals surface area contributed by atoms with Crippen molar-refractivity contribution in [2.24, 2.45) is 12.2 Å². The molecule has 2 aromatic carbocycles. The predicted molar refractivity (Wildman–Crippen MR) is 107 cm³/mol. The number of ether oxygens (including phenoxy) is 1. The third kappa shape index (κ3) is 4.02. The van der Waals surface area contributed by atoms with Gasteiger partial charge in [-0.15, -0.1) is 0 Å². The molecule has 8 nitrogen and oxygen atoms in total. The molecule has 0 bridgehead atoms. The smallest absolute Gasteiger partial charge is 0.268 e. The van der Waals surface area contributed by atoms with Gasteiger partial charge in [-0.05, 0) is 47.8 Å². The fourth-order valence-corrected chi connectivity index (χ4v) is 3.16. The van der Waals surface area contributed by atoms with E-state index in [1.165, 1.54) is 0 Å². The molecule has 1 atom stereocenters. The number of carbonyl (C=O) groups excluding carboxylic acids is 1. The number of fused-ring (bicyclic) bond motifs is 1. The molecule has 0 saturated carbocycles. The van der Waals surface area contributed by atoms with Crippen molar-refractivity contribution >= 4 is 16.8 Å². The van der Waals surface area contributed by atoms with Crippen molar-refractivity contribution in [3.63, 3.8) is 0 Å². The molecule has 144 valence electrons. The minimum atomic E-state index is -0.372. The minimum absolute atomic E-state index is 0.121. The maximum absolute atomic E-state index is 12.8. The lowest BCUT2D eigenvalue weighted by atomic mass is 10.1. The van der Waals surface area contributed by atoms with Crippen LogP contribution in [-0.2, 0) is 13.5 Å². The maximum atomic E-state index is 12.8. The third-order valence-electron chi connectivity index (χ3n) is 4.64. The zero-order chi connectivity index (χ0) is 20.1. The average molecular weight is 379 g/mol. The molecule has 0 unspecified atom stereocenters. The molecule has 0 radical (unpaired) electrons. The number of phenols is 1. The summed E-state index contributed by atoms with van der Waals surface area (Å²) in [6.07, 6.45) is 0.504. The van der Waals surface area contributed by atoms with E-state index >= 15 is 0 Å². The molecule has 0 aliphatic carbocycles. The van der Waals surface area contributed by atoms with Crippen molar-refractivity contribution in [3.8, 4) is 11.5 Å². The maximum Gasteiger partial charge on any atom is 0.268 e. The second-order valence-corrected chi connectivity index (χ2v) is 6.43. The Hall–Kier alpha value is -3.64. The molecule has 3 rings (SSSR count). The van der Waals surface area contributed by atoms with Crippen LogP contribution in [0.4, 0.5) is 0 Å². The molecule has 3 aromatic rings. The summed E-state index contributed by atoms with van der Waals surface area (Å²) in [4.78, 5) is 15.6. The van der Waals surface area contributed by atoms with Gasteiger partial charge in [-0.3, -0.25) is 4.79 Å². The van der Waals surface area contributed by atoms with Crippen LogP contribution in [0.5, 0.6) is 11.5 Å². The number of aromatic nitrogens is 1. The highest BCUT2D eigenvalue weighted by Gasteiger charge is 2.19. The number of nitrogens with one attached hydrogen (secondary N) is 1. The van der Waals surface area contributed by atoms with E-state index in [-0.39, 0.29) is 24.2 Å². The highest BCUT2D eigenvalue weighted by Crippen LogP contribution is 2.27. The number of benzene rings is 2. The fourth-order valence-electron chi connectivity index (χ4n) is 3.16. The lowest BCUT2D eigenvalue weighted by Gasteiger charge is -2.17. The summed E-state index contributed by atoms with van der Waals surface area (Å²) >= 11 is 0. The molecular weight excluding hydrogens is 358 g/mol. The summed E-state index contributed by atoms with van der Waals surface area (Å²) < 4.78 is 6.88. The lowest BCUT2D eigenvalue weighted by Crippen LogP contribution is -2.39. The van der Waals surface area contributed by atoms with Crippen molar-refractivity contribution in [3.05, 3.63) is 70.2 Å². The van der Waals surface area contributed by atoms with Crippen LogP contribution in [0.15, 0.2) is 53.6 Å². The van der Waals surface area contributed by atoms with Gasteiger partial charge in [-0.2, -0.15) is 0 Å². The van der Waals surface area contributed by atoms with Crippen LogP contribution in [0.25, 0.3) is 21.3 Å². The molecular formula is C20H21N5O3. The number of nitrogens with zero attached hydrogens (tertiary/aromatic N) is 4. The number of aryl methyl sites for hydroxylation is 1. The van der Waals surface area contributed by atoms with E-state index in [9.17, 15) is 9.90 Å². The summed E-state index contributed by atoms with van der Waals surface area (Å²) in [7, 11) is 3.36. The van der Waals surface area contributed by atoms with E-state index < -0.39 is 0 Å². The van der Waals surface area contributed by atoms with Gasteiger partial charge in [-0.25, -0.2) is 0 Å². The number of rotatable bonds is 7. The van der Waals surface area contributed by atoms with Crippen molar-refractivity contribution in [2.75, 3.05) is 13.7 Å². The van der Waals surface area contributed by atoms with Crippen LogP contribution < -0.4 is 10.1 Å². The number of carbonyl (C=O) groups is 1. The summed E-state index contributed by atoms with van der Waals surface area (Å²) in [5.41, 5.74) is 10.8. The van der Waals surface area contributed by atoms with E-state index in [0.29, 0.717) is 17.5 Å². The second-order valence-electron chi connectivity index (χ2n) is 6.43. The molecule has 0 saturated heterocycles. The van der Waals surface area contributed by atoms with Gasteiger partial charge < -0.3 is 19.7 Å². The normalized spacial score (nSPS) is 11.6. The highest BCUT2D eigenvalue weighted by atomic mass is 16.5. The average Bonchev–Trinajstić information content (AvgIpc) is 3.05. The van der Waals surface area contributed by atoms with Gasteiger partial charge >= 0.3 is 0 Å². The van der Waals surface area contributed by atoms with E-state index in [1.54, 1.807) is 36.9 Å². The Morgan fingerprint density at radius 2 is 2.07 bits per heavy atom. The molecule has 0 aliphatic rings. The summed E-state index contributed by atoms with van der Waals surface area (Å²) in [6.45, 7) is 0.128. The zero-order valence-electron chi connectivity index (χ0n) is 15.7. The van der Waals surface area contributed by atoms with Gasteiger partial charge in [0.1, 0.15) is 17.2 Å². The first-order valence-electron chi connectivity index (χ1n) is 8.75. The number of aromatic hydroxyl groups is 1. The van der Waals surface area contributed by atoms with E-state index in [0.717, 1.165) is 16.8 Å². The molecule has 0 fully saturated rings. The van der Waals surface area contributed by atoms with Gasteiger partial charge in [0, 0.05) is 29.9 Å². The Labute approximate surface area is 162 Å². The monoisotopic (exact) mass is 379 g/mol. The number of amides is 1. The predicted octanol–water partition coefficient (Wildman–Crippen LogP) is 3.54. The SMILES string of the molecule is COc1ccc(C[C@@H](CN=[N+]=[N-])NC(=O)c2cc3c(O)cccc3n2C)cc1. The summed E-state index contributed by atoms with van der Waals surface area (Å²) in [6, 6.07) is 13.9. The Morgan fingerprint density at radius 1 is 1.32 bits per heavy atom. The van der Waals surface area contributed by atoms with Crippen molar-refractivity contribution in [1.29, 1.82) is 0 Å². The molecule has 1 aromatic heterocycles. The van der Waals surface area contributed by atoms with E-state index in [1.807, 2.05) is 30.3 Å². The van der Waals surface area contributed by atoms with Gasteiger partial charge in [0.15, 0.2) is 0 Å². The molecule has 2 N–H and O–H groups in total. The van der Waals surface area contributed by atoms with Crippen molar-refractivity contribution in [2.45, 2.75) is 12.5 Å². The quantitative estimate of drug-likeness (QED) is 0.372. The van der Waals surface area contributed by atoms with Gasteiger partial charge in [0.05, 0.1) is 12.6 Å². The topological polar surface area (TPSA) is 112 Å². The second kappa shape index (κ2) is 8.37. The molecule has 1 heterocycles. The minimum Gasteiger partial charge on any atom is -0.507 e. The first-order chi connectivity index (χ1) is 13.5.